The van der Waals surface area contributed by atoms with Crippen molar-refractivity contribution in [2.45, 2.75) is 77.3 Å². The third-order valence-electron chi connectivity index (χ3n) is 9.55. The van der Waals surface area contributed by atoms with E-state index in [0.717, 1.165) is 61.5 Å². The van der Waals surface area contributed by atoms with Gasteiger partial charge in [0.15, 0.2) is 5.11 Å². The average Bonchev–Trinajstić information content (AvgIpc) is 3.75. The van der Waals surface area contributed by atoms with Crippen LogP contribution in [0.25, 0.3) is 11.0 Å². The number of imide groups is 1. The highest BCUT2D eigenvalue weighted by atomic mass is 32.1. The normalized spacial score (nSPS) is 21.0. The van der Waals surface area contributed by atoms with Gasteiger partial charge in [0, 0.05) is 24.5 Å². The van der Waals surface area contributed by atoms with E-state index in [0.29, 0.717) is 34.2 Å². The third kappa shape index (κ3) is 6.73. The number of hydrazine groups is 3. The van der Waals surface area contributed by atoms with Gasteiger partial charge in [-0.05, 0) is 86.2 Å². The molecule has 0 aromatic carbocycles. The first kappa shape index (κ1) is 33.4. The van der Waals surface area contributed by atoms with Gasteiger partial charge in [-0.15, -0.1) is 5.53 Å². The lowest BCUT2D eigenvalue weighted by atomic mass is 9.85. The number of carbonyl (C=O) groups excluding carboxylic acids is 2. The molecule has 0 radical (unpaired) electrons. The highest BCUT2D eigenvalue weighted by Gasteiger charge is 2.37. The molecule has 4 unspecified atom stereocenters. The number of nitrogens with two attached hydrogens (primary N) is 2. The van der Waals surface area contributed by atoms with E-state index in [-0.39, 0.29) is 33.4 Å². The monoisotopic (exact) mass is 690 g/mol. The van der Waals surface area contributed by atoms with Crippen LogP contribution in [0.2, 0.25) is 0 Å². The Bertz CT molecular complexity index is 1730. The number of rotatable bonds is 8. The summed E-state index contributed by atoms with van der Waals surface area (Å²) in [5.41, 5.74) is 19.8. The largest absolute Gasteiger partial charge is 0.380 e. The molecule has 4 atom stereocenters. The van der Waals surface area contributed by atoms with Gasteiger partial charge in [-0.3, -0.25) is 15.0 Å². The summed E-state index contributed by atoms with van der Waals surface area (Å²) in [5.74, 6) is -0.718. The molecule has 0 saturated heterocycles. The lowest BCUT2D eigenvalue weighted by Gasteiger charge is -2.35. The first-order valence-electron chi connectivity index (χ1n) is 16.4. The molecule has 2 aliphatic carbocycles. The molecule has 254 valence electrons. The number of nitrogens with one attached hydrogen (secondary N) is 4. The van der Waals surface area contributed by atoms with Gasteiger partial charge in [0.2, 0.25) is 5.11 Å². The van der Waals surface area contributed by atoms with Crippen LogP contribution in [0.15, 0.2) is 49.1 Å². The summed E-state index contributed by atoms with van der Waals surface area (Å²) in [6.45, 7) is 4.41. The molecule has 0 aliphatic heterocycles. The van der Waals surface area contributed by atoms with E-state index in [2.05, 4.69) is 45.6 Å². The molecule has 2 aliphatic rings. The number of anilines is 2. The van der Waals surface area contributed by atoms with Gasteiger partial charge in [0.25, 0.3) is 11.8 Å². The van der Waals surface area contributed by atoms with Crippen LogP contribution in [-0.2, 0) is 0 Å². The summed E-state index contributed by atoms with van der Waals surface area (Å²) < 4.78 is 3.38. The number of hydrogen-bond acceptors (Lipinski definition) is 9. The van der Waals surface area contributed by atoms with Crippen LogP contribution in [0.3, 0.4) is 0 Å². The van der Waals surface area contributed by atoms with Crippen molar-refractivity contribution in [3.63, 3.8) is 0 Å². The zero-order chi connectivity index (χ0) is 33.9. The predicted molar refractivity (Wildman–Crippen MR) is 193 cm³/mol. The number of thiocarbonyl (C=S) groups is 2. The molecule has 2 amide bonds. The summed E-state index contributed by atoms with van der Waals surface area (Å²) in [6.07, 6.45) is 15.0. The number of carbonyl (C=O) groups is 2. The van der Waals surface area contributed by atoms with Gasteiger partial charge in [-0.2, -0.15) is 20.3 Å². The molecule has 6 rings (SSSR count). The van der Waals surface area contributed by atoms with Gasteiger partial charge in [0.05, 0.1) is 45.9 Å². The summed E-state index contributed by atoms with van der Waals surface area (Å²) in [6, 6.07) is 7.69. The second-order valence-corrected chi connectivity index (χ2v) is 13.6. The second kappa shape index (κ2) is 14.3. The topological polar surface area (TPSA) is 175 Å². The summed E-state index contributed by atoms with van der Waals surface area (Å²) >= 11 is 10.4. The maximum absolute atomic E-state index is 14.9. The van der Waals surface area contributed by atoms with E-state index in [9.17, 15) is 9.59 Å². The Morgan fingerprint density at radius 1 is 0.792 bits per heavy atom. The van der Waals surface area contributed by atoms with Crippen LogP contribution in [0.1, 0.15) is 85.9 Å². The number of nitrogens with zero attached hydrogens (tertiary/aromatic N) is 6. The minimum Gasteiger partial charge on any atom is -0.380 e. The number of fused-ring (bicyclic) bond motifs is 2. The fourth-order valence-electron chi connectivity index (χ4n) is 6.86. The molecule has 2 fully saturated rings. The zero-order valence-corrected chi connectivity index (χ0v) is 28.7. The molecule has 2 saturated carbocycles. The quantitative estimate of drug-likeness (QED) is 0.0891. The first-order valence-corrected chi connectivity index (χ1v) is 17.2. The highest BCUT2D eigenvalue weighted by Crippen LogP contribution is 2.34. The molecule has 14 nitrogen and oxygen atoms in total. The molecule has 16 heteroatoms. The molecule has 4 aromatic rings. The van der Waals surface area contributed by atoms with Crippen molar-refractivity contribution in [3.05, 3.63) is 60.2 Å². The molecule has 48 heavy (non-hydrogen) atoms. The van der Waals surface area contributed by atoms with Crippen LogP contribution < -0.4 is 33.1 Å². The van der Waals surface area contributed by atoms with Crippen molar-refractivity contribution >= 4 is 68.9 Å². The molecular weight excluding hydrogens is 649 g/mol. The molecule has 4 heterocycles. The SMILES string of the molecule is CC1CCCCC1Nc1c(C(=O)N(C(=O)c2cnn3cccc3c2NC2CCCCC2C)N(NNC(N)=S)C(N)=S)cnn2cccc12. The van der Waals surface area contributed by atoms with Crippen molar-refractivity contribution < 1.29 is 9.59 Å². The van der Waals surface area contributed by atoms with E-state index >= 15 is 0 Å². The Labute approximate surface area is 289 Å². The average molecular weight is 691 g/mol. The van der Waals surface area contributed by atoms with Crippen molar-refractivity contribution in [2.24, 2.45) is 23.3 Å². The van der Waals surface area contributed by atoms with Gasteiger partial charge in [-0.1, -0.05) is 39.5 Å². The van der Waals surface area contributed by atoms with Gasteiger partial charge < -0.3 is 22.1 Å². The second-order valence-electron chi connectivity index (χ2n) is 12.7. The maximum Gasteiger partial charge on any atom is 0.285 e. The van der Waals surface area contributed by atoms with Crippen LogP contribution in [-0.4, -0.2) is 63.5 Å². The van der Waals surface area contributed by atoms with Gasteiger partial charge in [0.1, 0.15) is 0 Å². The van der Waals surface area contributed by atoms with E-state index in [1.165, 1.54) is 12.4 Å². The molecule has 0 bridgehead atoms. The van der Waals surface area contributed by atoms with Crippen LogP contribution >= 0.6 is 24.4 Å². The lowest BCUT2D eigenvalue weighted by molar-refractivity contribution is 0.00564. The van der Waals surface area contributed by atoms with Crippen molar-refractivity contribution in [1.29, 1.82) is 0 Å². The third-order valence-corrected chi connectivity index (χ3v) is 9.83. The lowest BCUT2D eigenvalue weighted by Crippen LogP contribution is -2.65. The zero-order valence-electron chi connectivity index (χ0n) is 27.1. The Morgan fingerprint density at radius 3 is 1.67 bits per heavy atom. The first-order chi connectivity index (χ1) is 23.1. The van der Waals surface area contributed by atoms with Crippen molar-refractivity contribution in [1.82, 2.24) is 40.3 Å². The predicted octanol–water partition coefficient (Wildman–Crippen LogP) is 3.96. The number of hydrogen-bond donors (Lipinski definition) is 6. The van der Waals surface area contributed by atoms with E-state index < -0.39 is 11.8 Å². The number of amides is 2. The van der Waals surface area contributed by atoms with Crippen molar-refractivity contribution in [3.8, 4) is 0 Å². The van der Waals surface area contributed by atoms with Crippen molar-refractivity contribution in [2.75, 3.05) is 10.6 Å². The fraction of sp³-hybridized carbons (Fsp3) is 0.438. The Balaban J connectivity index is 1.48. The van der Waals surface area contributed by atoms with Gasteiger partial charge >= 0.3 is 0 Å². The molecule has 0 spiro atoms. The van der Waals surface area contributed by atoms with E-state index in [4.69, 9.17) is 35.9 Å². The van der Waals surface area contributed by atoms with E-state index in [1.807, 2.05) is 24.3 Å². The summed E-state index contributed by atoms with van der Waals surface area (Å²) in [7, 11) is 0. The van der Waals surface area contributed by atoms with E-state index in [1.54, 1.807) is 21.4 Å². The molecule has 8 N–H and O–H groups in total. The Hall–Kier alpha value is -4.54. The van der Waals surface area contributed by atoms with Gasteiger partial charge in [-0.25, -0.2) is 9.03 Å². The minimum absolute atomic E-state index is 0.117. The standard InChI is InChI=1S/C32H42N12O2S2/c1-19-9-3-5-11-23(19)37-27-21(17-35-41-15-7-13-25(27)41)29(45)43(44(32(34)48)40-39-31(33)47)30(46)22-18-36-42-16-8-14-26(42)28(22)38-24-12-6-4-10-20(24)2/h7-8,13-20,23-24,37-38,40H,3-6,9-12H2,1-2H3,(H2,34,48)(H3,33,39,47). The molecule has 4 aromatic heterocycles. The summed E-state index contributed by atoms with van der Waals surface area (Å²) in [4.78, 5) is 29.8. The van der Waals surface area contributed by atoms with Crippen LogP contribution in [0, 0.1) is 11.8 Å². The minimum atomic E-state index is -0.737. The van der Waals surface area contributed by atoms with Crippen LogP contribution in [0.5, 0.6) is 0 Å². The highest BCUT2D eigenvalue weighted by molar-refractivity contribution is 7.80. The smallest absolute Gasteiger partial charge is 0.285 e. The Morgan fingerprint density at radius 2 is 1.25 bits per heavy atom. The van der Waals surface area contributed by atoms with Crippen LogP contribution in [0.4, 0.5) is 11.4 Å². The Kier molecular flexibility index (Phi) is 9.93. The summed E-state index contributed by atoms with van der Waals surface area (Å²) in [5, 5.41) is 17.5. The maximum atomic E-state index is 14.9. The number of aromatic nitrogens is 4. The fourth-order valence-corrected chi connectivity index (χ4v) is 7.03. The molecular formula is C32H42N12O2S2.